The zero-order valence-corrected chi connectivity index (χ0v) is 23.3. The number of nitrogens with one attached hydrogen (secondary N) is 2. The largest absolute Gasteiger partial charge is 0.515 e. The van der Waals surface area contributed by atoms with E-state index in [4.69, 9.17) is 9.47 Å². The lowest BCUT2D eigenvalue weighted by atomic mass is 10.1. The molecule has 2 aromatic carbocycles. The van der Waals surface area contributed by atoms with E-state index in [1.807, 2.05) is 48.9 Å². The zero-order chi connectivity index (χ0) is 29.0. The summed E-state index contributed by atoms with van der Waals surface area (Å²) in [5, 5.41) is 2.79. The van der Waals surface area contributed by atoms with Crippen molar-refractivity contribution in [2.45, 2.75) is 57.0 Å². The molecule has 3 aromatic rings. The van der Waals surface area contributed by atoms with Crippen LogP contribution in [0.1, 0.15) is 65.8 Å². The molecule has 0 aliphatic rings. The number of aromatic nitrogens is 1. The second-order valence-corrected chi connectivity index (χ2v) is 10.7. The summed E-state index contributed by atoms with van der Waals surface area (Å²) >= 11 is 0. The Balaban J connectivity index is 1.53. The van der Waals surface area contributed by atoms with Gasteiger partial charge in [0.2, 0.25) is 5.88 Å². The number of ether oxygens (including phenoxy) is 2. The number of amides is 2. The molecule has 0 spiro atoms. The predicted octanol–water partition coefficient (Wildman–Crippen LogP) is 4.66. The number of carbonyl (C=O) groups is 3. The highest BCUT2D eigenvalue weighted by molar-refractivity contribution is 7.90. The van der Waals surface area contributed by atoms with Gasteiger partial charge < -0.3 is 14.8 Å². The number of hydrogen-bond acceptors (Lipinski definition) is 8. The molecule has 1 aromatic heterocycles. The molecule has 2 amide bonds. The molecule has 0 saturated heterocycles. The van der Waals surface area contributed by atoms with Gasteiger partial charge in [-0.25, -0.2) is 22.9 Å². The number of hydrogen-bond donors (Lipinski definition) is 2. The van der Waals surface area contributed by atoms with Gasteiger partial charge in [0.25, 0.3) is 21.8 Å². The molecule has 212 valence electrons. The quantitative estimate of drug-likeness (QED) is 0.284. The van der Waals surface area contributed by atoms with Gasteiger partial charge in [-0.05, 0) is 55.2 Å². The van der Waals surface area contributed by atoms with Gasteiger partial charge in [-0.1, -0.05) is 57.0 Å². The molecule has 2 N–H and O–H groups in total. The molecule has 40 heavy (non-hydrogen) atoms. The summed E-state index contributed by atoms with van der Waals surface area (Å²) < 4.78 is 37.8. The molecule has 0 atom stereocenters. The van der Waals surface area contributed by atoms with Crippen LogP contribution in [0.3, 0.4) is 0 Å². The molecular weight excluding hydrogens is 534 g/mol. The van der Waals surface area contributed by atoms with Gasteiger partial charge in [-0.2, -0.15) is 0 Å². The Bertz CT molecular complexity index is 1370. The van der Waals surface area contributed by atoms with Crippen molar-refractivity contribution in [1.82, 2.24) is 15.0 Å². The first-order valence-electron chi connectivity index (χ1n) is 13.1. The Hall–Kier alpha value is -4.25. The molecule has 0 radical (unpaired) electrons. The molecule has 1 heterocycles. The van der Waals surface area contributed by atoms with Gasteiger partial charge in [-0.15, -0.1) is 0 Å². The van der Waals surface area contributed by atoms with E-state index in [1.54, 1.807) is 0 Å². The fraction of sp³-hybridized carbons (Fsp3) is 0.310. The Morgan fingerprint density at radius 1 is 0.850 bits per heavy atom. The van der Waals surface area contributed by atoms with Crippen LogP contribution in [0.15, 0.2) is 77.8 Å². The van der Waals surface area contributed by atoms with E-state index in [2.05, 4.69) is 10.3 Å². The lowest BCUT2D eigenvalue weighted by molar-refractivity contribution is 0.0490. The Labute approximate surface area is 234 Å². The third kappa shape index (κ3) is 9.19. The highest BCUT2D eigenvalue weighted by atomic mass is 32.2. The van der Waals surface area contributed by atoms with Crippen LogP contribution in [0.4, 0.5) is 4.79 Å². The zero-order valence-electron chi connectivity index (χ0n) is 22.5. The summed E-state index contributed by atoms with van der Waals surface area (Å²) in [5.74, 6) is -1.35. The molecule has 0 fully saturated rings. The topological polar surface area (TPSA) is 141 Å². The molecule has 10 nitrogen and oxygen atoms in total. The Morgan fingerprint density at radius 2 is 1.50 bits per heavy atom. The molecule has 0 unspecified atom stereocenters. The van der Waals surface area contributed by atoms with Crippen LogP contribution in [-0.4, -0.2) is 44.0 Å². The summed E-state index contributed by atoms with van der Waals surface area (Å²) in [4.78, 5) is 40.7. The smallest absolute Gasteiger partial charge is 0.431 e. The highest BCUT2D eigenvalue weighted by Gasteiger charge is 2.20. The average Bonchev–Trinajstić information content (AvgIpc) is 2.94. The van der Waals surface area contributed by atoms with Gasteiger partial charge in [-0.3, -0.25) is 9.59 Å². The van der Waals surface area contributed by atoms with E-state index in [0.29, 0.717) is 25.8 Å². The lowest BCUT2D eigenvalue weighted by Gasteiger charge is -2.15. The first-order chi connectivity index (χ1) is 19.2. The number of pyridine rings is 1. The maximum atomic E-state index is 12.7. The van der Waals surface area contributed by atoms with Crippen LogP contribution in [0.25, 0.3) is 0 Å². The Morgan fingerprint density at radius 3 is 2.10 bits per heavy atom. The minimum absolute atomic E-state index is 0.0615. The minimum atomic E-state index is -4.22. The molecular formula is C29H33N3O7S. The van der Waals surface area contributed by atoms with Crippen molar-refractivity contribution in [1.29, 1.82) is 0 Å². The fourth-order valence-electron chi connectivity index (χ4n) is 3.82. The number of rotatable bonds is 13. The standard InChI is InChI=1S/C29H33N3O7S/c1-3-8-24(9-4-2)38-29(35)39-26-17-14-23(20-31-26)28(34)32-40(36,37)25-15-12-22(13-16-25)27(33)30-19-18-21-10-6-5-7-11-21/h5-7,10-17,20,24H,3-4,8-9,18-19H2,1-2H3,(H,30,33)(H,32,34). The monoisotopic (exact) mass is 567 g/mol. The van der Waals surface area contributed by atoms with Gasteiger partial charge in [0.05, 0.1) is 10.5 Å². The second kappa shape index (κ2) is 14.8. The minimum Gasteiger partial charge on any atom is -0.431 e. The number of nitrogens with zero attached hydrogens (tertiary/aromatic N) is 1. The molecule has 11 heteroatoms. The number of sulfonamides is 1. The van der Waals surface area contributed by atoms with Gasteiger partial charge in [0.1, 0.15) is 6.10 Å². The van der Waals surface area contributed by atoms with Gasteiger partial charge >= 0.3 is 6.16 Å². The van der Waals surface area contributed by atoms with E-state index in [9.17, 15) is 22.8 Å². The van der Waals surface area contributed by atoms with E-state index in [0.717, 1.165) is 24.6 Å². The third-order valence-corrected chi connectivity index (χ3v) is 7.21. The predicted molar refractivity (Wildman–Crippen MR) is 149 cm³/mol. The molecule has 0 aliphatic carbocycles. The third-order valence-electron chi connectivity index (χ3n) is 5.87. The van der Waals surface area contributed by atoms with Crippen LogP contribution in [0.5, 0.6) is 5.88 Å². The van der Waals surface area contributed by atoms with Crippen molar-refractivity contribution in [2.75, 3.05) is 6.54 Å². The van der Waals surface area contributed by atoms with E-state index in [-0.39, 0.29) is 33.9 Å². The van der Waals surface area contributed by atoms with E-state index in [1.165, 1.54) is 36.4 Å². The lowest BCUT2D eigenvalue weighted by Crippen LogP contribution is -2.31. The summed E-state index contributed by atoms with van der Waals surface area (Å²) in [6, 6.07) is 17.5. The van der Waals surface area contributed by atoms with Gasteiger partial charge in [0.15, 0.2) is 0 Å². The van der Waals surface area contributed by atoms with Crippen LogP contribution in [0.2, 0.25) is 0 Å². The summed E-state index contributed by atoms with van der Waals surface area (Å²) in [7, 11) is -4.22. The van der Waals surface area contributed by atoms with Crippen molar-refractivity contribution in [3.63, 3.8) is 0 Å². The highest BCUT2D eigenvalue weighted by Crippen LogP contribution is 2.15. The van der Waals surface area contributed by atoms with E-state index >= 15 is 0 Å². The summed E-state index contributed by atoms with van der Waals surface area (Å²) in [6.07, 6.45) is 3.76. The summed E-state index contributed by atoms with van der Waals surface area (Å²) in [6.45, 7) is 4.41. The van der Waals surface area contributed by atoms with Crippen molar-refractivity contribution in [3.05, 3.63) is 89.6 Å². The first-order valence-corrected chi connectivity index (χ1v) is 14.5. The molecule has 0 bridgehead atoms. The van der Waals surface area contributed by atoms with E-state index < -0.39 is 22.1 Å². The molecule has 0 saturated carbocycles. The molecule has 0 aliphatic heterocycles. The Kier molecular flexibility index (Phi) is 11.2. The van der Waals surface area contributed by atoms with Crippen molar-refractivity contribution >= 4 is 28.0 Å². The summed E-state index contributed by atoms with van der Waals surface area (Å²) in [5.41, 5.74) is 1.31. The maximum absolute atomic E-state index is 12.7. The fourth-order valence-corrected chi connectivity index (χ4v) is 4.79. The maximum Gasteiger partial charge on any atom is 0.515 e. The van der Waals surface area contributed by atoms with Crippen LogP contribution in [0, 0.1) is 0 Å². The normalized spacial score (nSPS) is 11.1. The van der Waals surface area contributed by atoms with Crippen LogP contribution >= 0.6 is 0 Å². The van der Waals surface area contributed by atoms with Crippen molar-refractivity contribution in [2.24, 2.45) is 0 Å². The number of benzene rings is 2. The second-order valence-electron chi connectivity index (χ2n) is 9.00. The average molecular weight is 568 g/mol. The van der Waals surface area contributed by atoms with Crippen LogP contribution in [-0.2, 0) is 21.2 Å². The van der Waals surface area contributed by atoms with Crippen molar-refractivity contribution < 1.29 is 32.3 Å². The van der Waals surface area contributed by atoms with Crippen molar-refractivity contribution in [3.8, 4) is 5.88 Å². The number of carbonyl (C=O) groups excluding carboxylic acids is 3. The van der Waals surface area contributed by atoms with Gasteiger partial charge in [0, 0.05) is 24.4 Å². The van der Waals surface area contributed by atoms with Crippen LogP contribution < -0.4 is 14.8 Å². The first kappa shape index (κ1) is 30.3. The molecule has 3 rings (SSSR count). The SMILES string of the molecule is CCCC(CCC)OC(=O)Oc1ccc(C(=O)NS(=O)(=O)c2ccc(C(=O)NCCc3ccccc3)cc2)cn1.